The summed E-state index contributed by atoms with van der Waals surface area (Å²) in [6, 6.07) is 1.44. The molecule has 2 fully saturated rings. The maximum Gasteiger partial charge on any atom is 0.0961 e. The van der Waals surface area contributed by atoms with Gasteiger partial charge in [0.2, 0.25) is 0 Å². The Bertz CT molecular complexity index is 450. The lowest BCUT2D eigenvalue weighted by Gasteiger charge is -2.43. The third-order valence-electron chi connectivity index (χ3n) is 5.98. The molecule has 2 heterocycles. The van der Waals surface area contributed by atoms with E-state index in [4.69, 9.17) is 4.74 Å². The number of fused-ring (bicyclic) bond motifs is 2. The van der Waals surface area contributed by atoms with Crippen molar-refractivity contribution in [2.24, 2.45) is 17.8 Å². The molecule has 4 atom stereocenters. The SMILES string of the molecule is CC(C)C1=C(C(C)C)C2(CCN(C(C)C)C3CC32)OC1C. The van der Waals surface area contributed by atoms with Crippen LogP contribution in [-0.4, -0.2) is 35.2 Å². The fraction of sp³-hybridized carbons (Fsp3) is 0.895. The smallest absolute Gasteiger partial charge is 0.0961 e. The van der Waals surface area contributed by atoms with Crippen LogP contribution < -0.4 is 0 Å². The van der Waals surface area contributed by atoms with Gasteiger partial charge in [-0.2, -0.15) is 0 Å². The highest BCUT2D eigenvalue weighted by Crippen LogP contribution is 2.60. The zero-order valence-electron chi connectivity index (χ0n) is 14.9. The monoisotopic (exact) mass is 291 g/mol. The first-order valence-electron chi connectivity index (χ1n) is 8.97. The van der Waals surface area contributed by atoms with Crippen molar-refractivity contribution in [3.05, 3.63) is 11.1 Å². The summed E-state index contributed by atoms with van der Waals surface area (Å²) in [4.78, 5) is 2.70. The second-order valence-corrected chi connectivity index (χ2v) is 8.32. The van der Waals surface area contributed by atoms with Gasteiger partial charge in [0, 0.05) is 24.5 Å². The lowest BCUT2D eigenvalue weighted by molar-refractivity contribution is -0.0772. The number of nitrogens with zero attached hydrogens (tertiary/aromatic N) is 1. The van der Waals surface area contributed by atoms with Crippen LogP contribution in [0, 0.1) is 17.8 Å². The van der Waals surface area contributed by atoms with Gasteiger partial charge in [-0.15, -0.1) is 0 Å². The standard InChI is InChI=1S/C19H33NO/c1-11(2)17-14(7)21-19(18(17)12(3)4)8-9-20(13(5)6)16-10-15(16)19/h11-16H,8-10H2,1-7H3. The molecule has 0 radical (unpaired) electrons. The van der Waals surface area contributed by atoms with Crippen LogP contribution >= 0.6 is 0 Å². The van der Waals surface area contributed by atoms with Gasteiger partial charge < -0.3 is 4.74 Å². The quantitative estimate of drug-likeness (QED) is 0.721. The van der Waals surface area contributed by atoms with Crippen LogP contribution in [0.15, 0.2) is 11.1 Å². The minimum Gasteiger partial charge on any atom is -0.363 e. The molecule has 1 spiro atoms. The number of hydrogen-bond donors (Lipinski definition) is 0. The zero-order valence-corrected chi connectivity index (χ0v) is 14.9. The Labute approximate surface area is 130 Å². The molecule has 0 N–H and O–H groups in total. The van der Waals surface area contributed by atoms with E-state index in [2.05, 4.69) is 53.4 Å². The number of hydrogen-bond acceptors (Lipinski definition) is 2. The molecule has 1 saturated carbocycles. The molecule has 120 valence electrons. The Hall–Kier alpha value is -0.340. The molecular formula is C19H33NO. The Morgan fingerprint density at radius 1 is 1.10 bits per heavy atom. The first-order valence-corrected chi connectivity index (χ1v) is 8.97. The predicted molar refractivity (Wildman–Crippen MR) is 88.3 cm³/mol. The van der Waals surface area contributed by atoms with E-state index in [0.29, 0.717) is 24.0 Å². The van der Waals surface area contributed by atoms with Crippen molar-refractivity contribution in [3.8, 4) is 0 Å². The van der Waals surface area contributed by atoms with Gasteiger partial charge in [0.15, 0.2) is 0 Å². The minimum atomic E-state index is 0.0727. The number of likely N-dealkylation sites (tertiary alicyclic amines) is 1. The van der Waals surface area contributed by atoms with Crippen molar-refractivity contribution in [1.29, 1.82) is 0 Å². The van der Waals surface area contributed by atoms with Gasteiger partial charge in [-0.3, -0.25) is 4.90 Å². The predicted octanol–water partition coefficient (Wildman–Crippen LogP) is 4.26. The number of piperidine rings is 1. The molecule has 3 aliphatic rings. The highest BCUT2D eigenvalue weighted by molar-refractivity contribution is 5.39. The maximum atomic E-state index is 6.72. The van der Waals surface area contributed by atoms with Gasteiger partial charge in [-0.25, -0.2) is 0 Å². The first-order chi connectivity index (χ1) is 9.79. The van der Waals surface area contributed by atoms with Crippen molar-refractivity contribution in [2.75, 3.05) is 6.54 Å². The van der Waals surface area contributed by atoms with E-state index < -0.39 is 0 Å². The van der Waals surface area contributed by atoms with Crippen LogP contribution in [0.5, 0.6) is 0 Å². The Morgan fingerprint density at radius 2 is 1.76 bits per heavy atom. The van der Waals surface area contributed by atoms with Crippen molar-refractivity contribution < 1.29 is 4.74 Å². The van der Waals surface area contributed by atoms with Crippen LogP contribution in [0.3, 0.4) is 0 Å². The van der Waals surface area contributed by atoms with Crippen LogP contribution in [-0.2, 0) is 4.74 Å². The lowest BCUT2D eigenvalue weighted by Crippen LogP contribution is -2.50. The van der Waals surface area contributed by atoms with Gasteiger partial charge in [-0.1, -0.05) is 27.7 Å². The number of ether oxygens (including phenoxy) is 1. The molecular weight excluding hydrogens is 258 g/mol. The molecule has 1 saturated heterocycles. The summed E-state index contributed by atoms with van der Waals surface area (Å²) >= 11 is 0. The highest BCUT2D eigenvalue weighted by Gasteiger charge is 2.64. The summed E-state index contributed by atoms with van der Waals surface area (Å²) in [5.41, 5.74) is 3.35. The topological polar surface area (TPSA) is 12.5 Å². The minimum absolute atomic E-state index is 0.0727. The van der Waals surface area contributed by atoms with E-state index in [0.717, 1.165) is 12.0 Å². The normalized spacial score (nSPS) is 40.0. The van der Waals surface area contributed by atoms with Gasteiger partial charge in [0.25, 0.3) is 0 Å². The third kappa shape index (κ3) is 2.21. The summed E-state index contributed by atoms with van der Waals surface area (Å²) in [5.74, 6) is 1.96. The maximum absolute atomic E-state index is 6.72. The van der Waals surface area contributed by atoms with E-state index >= 15 is 0 Å². The first kappa shape index (κ1) is 15.6. The molecule has 0 amide bonds. The Kier molecular flexibility index (Phi) is 3.77. The highest BCUT2D eigenvalue weighted by atomic mass is 16.5. The Morgan fingerprint density at radius 3 is 2.29 bits per heavy atom. The van der Waals surface area contributed by atoms with Crippen molar-refractivity contribution in [3.63, 3.8) is 0 Å². The molecule has 2 aliphatic heterocycles. The van der Waals surface area contributed by atoms with E-state index in [1.165, 1.54) is 19.4 Å². The molecule has 4 unspecified atom stereocenters. The molecule has 3 rings (SSSR count). The van der Waals surface area contributed by atoms with E-state index in [1.807, 2.05) is 0 Å². The fourth-order valence-corrected chi connectivity index (χ4v) is 5.33. The van der Waals surface area contributed by atoms with Crippen molar-refractivity contribution >= 4 is 0 Å². The second kappa shape index (κ2) is 5.09. The van der Waals surface area contributed by atoms with Gasteiger partial charge >= 0.3 is 0 Å². The van der Waals surface area contributed by atoms with Crippen LogP contribution in [0.25, 0.3) is 0 Å². The average molecular weight is 291 g/mol. The zero-order chi connectivity index (χ0) is 15.5. The molecule has 21 heavy (non-hydrogen) atoms. The van der Waals surface area contributed by atoms with Gasteiger partial charge in [0.05, 0.1) is 11.7 Å². The summed E-state index contributed by atoms with van der Waals surface area (Å²) in [7, 11) is 0. The molecule has 0 aromatic heterocycles. The van der Waals surface area contributed by atoms with Gasteiger partial charge in [-0.05, 0) is 56.6 Å². The average Bonchev–Trinajstić information content (AvgIpc) is 3.09. The van der Waals surface area contributed by atoms with E-state index in [9.17, 15) is 0 Å². The summed E-state index contributed by atoms with van der Waals surface area (Å²) < 4.78 is 6.72. The third-order valence-corrected chi connectivity index (χ3v) is 5.98. The van der Waals surface area contributed by atoms with Crippen LogP contribution in [0.4, 0.5) is 0 Å². The summed E-state index contributed by atoms with van der Waals surface area (Å²) in [5, 5.41) is 0. The molecule has 2 nitrogen and oxygen atoms in total. The largest absolute Gasteiger partial charge is 0.363 e. The lowest BCUT2D eigenvalue weighted by atomic mass is 9.75. The van der Waals surface area contributed by atoms with Gasteiger partial charge in [0.1, 0.15) is 0 Å². The molecule has 2 heteroatoms. The fourth-order valence-electron chi connectivity index (χ4n) is 5.33. The molecule has 0 bridgehead atoms. The van der Waals surface area contributed by atoms with Crippen LogP contribution in [0.1, 0.15) is 61.3 Å². The summed E-state index contributed by atoms with van der Waals surface area (Å²) in [6.07, 6.45) is 2.85. The summed E-state index contributed by atoms with van der Waals surface area (Å²) in [6.45, 7) is 17.6. The molecule has 0 aromatic rings. The second-order valence-electron chi connectivity index (χ2n) is 8.32. The number of rotatable bonds is 3. The molecule has 0 aromatic carbocycles. The molecule has 1 aliphatic carbocycles. The van der Waals surface area contributed by atoms with Crippen molar-refractivity contribution in [1.82, 2.24) is 4.90 Å². The van der Waals surface area contributed by atoms with Crippen molar-refractivity contribution in [2.45, 2.75) is 85.1 Å². The van der Waals surface area contributed by atoms with Crippen LogP contribution in [0.2, 0.25) is 0 Å². The van der Waals surface area contributed by atoms with E-state index in [-0.39, 0.29) is 5.60 Å². The van der Waals surface area contributed by atoms with E-state index in [1.54, 1.807) is 11.1 Å². The Balaban J connectivity index is 1.96.